The van der Waals surface area contributed by atoms with E-state index in [-0.39, 0.29) is 0 Å². The predicted molar refractivity (Wildman–Crippen MR) is 49.8 cm³/mol. The Kier molecular flexibility index (Phi) is 3.02. The van der Waals surface area contributed by atoms with Gasteiger partial charge < -0.3 is 5.73 Å². The van der Waals surface area contributed by atoms with Crippen LogP contribution >= 0.6 is 0 Å². The van der Waals surface area contributed by atoms with Gasteiger partial charge in [0.05, 0.1) is 0 Å². The first kappa shape index (κ1) is 8.97. The first-order valence-electron chi connectivity index (χ1n) is 4.36. The van der Waals surface area contributed by atoms with Gasteiger partial charge in [-0.15, -0.1) is 0 Å². The highest BCUT2D eigenvalue weighted by Crippen LogP contribution is 2.18. The molecule has 0 aromatic carbocycles. The molecular formula is C9H15N3. The van der Waals surface area contributed by atoms with Crippen LogP contribution in [0.2, 0.25) is 0 Å². The minimum absolute atomic E-state index is 0.452. The molecule has 3 nitrogen and oxygen atoms in total. The first-order valence-corrected chi connectivity index (χ1v) is 4.36. The molecule has 0 saturated heterocycles. The minimum atomic E-state index is 0.452. The molecule has 1 aromatic rings. The molecule has 66 valence electrons. The SMILES string of the molecule is CCC(CC)c1nccc(N)n1. The molecule has 1 heterocycles. The zero-order valence-corrected chi connectivity index (χ0v) is 7.62. The van der Waals surface area contributed by atoms with E-state index < -0.39 is 0 Å². The van der Waals surface area contributed by atoms with Gasteiger partial charge in [-0.2, -0.15) is 0 Å². The maximum atomic E-state index is 5.55. The number of hydrogen-bond acceptors (Lipinski definition) is 3. The summed E-state index contributed by atoms with van der Waals surface area (Å²) in [5.41, 5.74) is 5.55. The van der Waals surface area contributed by atoms with Crippen molar-refractivity contribution in [3.8, 4) is 0 Å². The van der Waals surface area contributed by atoms with Crippen LogP contribution in [-0.4, -0.2) is 9.97 Å². The first-order chi connectivity index (χ1) is 5.77. The van der Waals surface area contributed by atoms with Gasteiger partial charge in [0.2, 0.25) is 0 Å². The molecule has 0 fully saturated rings. The van der Waals surface area contributed by atoms with Crippen LogP contribution in [0.15, 0.2) is 12.3 Å². The van der Waals surface area contributed by atoms with E-state index in [1.54, 1.807) is 12.3 Å². The topological polar surface area (TPSA) is 51.8 Å². The third-order valence-corrected chi connectivity index (χ3v) is 2.05. The van der Waals surface area contributed by atoms with Crippen molar-refractivity contribution in [1.29, 1.82) is 0 Å². The average Bonchev–Trinajstić information content (AvgIpc) is 2.07. The van der Waals surface area contributed by atoms with Crippen molar-refractivity contribution in [3.63, 3.8) is 0 Å². The number of rotatable bonds is 3. The second kappa shape index (κ2) is 4.04. The molecule has 1 rings (SSSR count). The maximum absolute atomic E-state index is 5.55. The van der Waals surface area contributed by atoms with Crippen LogP contribution < -0.4 is 5.73 Å². The highest BCUT2D eigenvalue weighted by molar-refractivity contribution is 5.25. The largest absolute Gasteiger partial charge is 0.384 e. The van der Waals surface area contributed by atoms with E-state index in [2.05, 4.69) is 23.8 Å². The summed E-state index contributed by atoms with van der Waals surface area (Å²) in [7, 11) is 0. The Morgan fingerprint density at radius 2 is 2.08 bits per heavy atom. The van der Waals surface area contributed by atoms with E-state index in [9.17, 15) is 0 Å². The summed E-state index contributed by atoms with van der Waals surface area (Å²) in [6.07, 6.45) is 3.86. The van der Waals surface area contributed by atoms with E-state index in [0.29, 0.717) is 11.7 Å². The monoisotopic (exact) mass is 165 g/mol. The average molecular weight is 165 g/mol. The summed E-state index contributed by atoms with van der Waals surface area (Å²) in [5, 5.41) is 0. The highest BCUT2D eigenvalue weighted by Gasteiger charge is 2.09. The number of nitrogens with two attached hydrogens (primary N) is 1. The molecule has 2 N–H and O–H groups in total. The standard InChI is InChI=1S/C9H15N3/c1-3-7(4-2)9-11-6-5-8(10)12-9/h5-7H,3-4H2,1-2H3,(H2,10,11,12). The molecule has 0 saturated carbocycles. The zero-order chi connectivity index (χ0) is 8.97. The van der Waals surface area contributed by atoms with Gasteiger partial charge in [-0.3, -0.25) is 0 Å². The molecule has 3 heteroatoms. The third-order valence-electron chi connectivity index (χ3n) is 2.05. The Hall–Kier alpha value is -1.12. The second-order valence-corrected chi connectivity index (χ2v) is 2.85. The minimum Gasteiger partial charge on any atom is -0.384 e. The molecule has 0 spiro atoms. The highest BCUT2D eigenvalue weighted by atomic mass is 14.9. The second-order valence-electron chi connectivity index (χ2n) is 2.85. The Morgan fingerprint density at radius 3 is 2.58 bits per heavy atom. The molecule has 1 aromatic heterocycles. The number of anilines is 1. The third kappa shape index (κ3) is 1.94. The molecule has 0 amide bonds. The molecule has 0 aliphatic heterocycles. The normalized spacial score (nSPS) is 10.6. The molecule has 0 unspecified atom stereocenters. The molecule has 0 bridgehead atoms. The van der Waals surface area contributed by atoms with Gasteiger partial charge in [-0.05, 0) is 18.9 Å². The summed E-state index contributed by atoms with van der Waals surface area (Å²) in [6, 6.07) is 1.71. The Morgan fingerprint density at radius 1 is 1.42 bits per heavy atom. The van der Waals surface area contributed by atoms with Crippen molar-refractivity contribution in [2.75, 3.05) is 5.73 Å². The van der Waals surface area contributed by atoms with E-state index in [1.165, 1.54) is 0 Å². The van der Waals surface area contributed by atoms with Crippen molar-refractivity contribution in [1.82, 2.24) is 9.97 Å². The number of hydrogen-bond donors (Lipinski definition) is 1. The van der Waals surface area contributed by atoms with Gasteiger partial charge in [0.15, 0.2) is 0 Å². The van der Waals surface area contributed by atoms with E-state index in [1.807, 2.05) is 0 Å². The molecule has 0 aliphatic carbocycles. The van der Waals surface area contributed by atoms with Crippen LogP contribution in [0.1, 0.15) is 38.4 Å². The van der Waals surface area contributed by atoms with Gasteiger partial charge in [-0.1, -0.05) is 13.8 Å². The van der Waals surface area contributed by atoms with Crippen LogP contribution in [0.25, 0.3) is 0 Å². The Labute approximate surface area is 73.0 Å². The Bertz CT molecular complexity index is 243. The van der Waals surface area contributed by atoms with Crippen molar-refractivity contribution >= 4 is 5.82 Å². The summed E-state index contributed by atoms with van der Waals surface area (Å²) >= 11 is 0. The van der Waals surface area contributed by atoms with Gasteiger partial charge in [0.1, 0.15) is 11.6 Å². The fourth-order valence-electron chi connectivity index (χ4n) is 1.24. The lowest BCUT2D eigenvalue weighted by Crippen LogP contribution is -2.04. The molecular weight excluding hydrogens is 150 g/mol. The van der Waals surface area contributed by atoms with Crippen molar-refractivity contribution in [2.45, 2.75) is 32.6 Å². The molecule has 0 aliphatic rings. The number of aromatic nitrogens is 2. The molecule has 0 radical (unpaired) electrons. The Balaban J connectivity index is 2.85. The van der Waals surface area contributed by atoms with Gasteiger partial charge in [-0.25, -0.2) is 9.97 Å². The van der Waals surface area contributed by atoms with Crippen molar-refractivity contribution < 1.29 is 0 Å². The van der Waals surface area contributed by atoms with Crippen LogP contribution in [0, 0.1) is 0 Å². The van der Waals surface area contributed by atoms with Gasteiger partial charge in [0.25, 0.3) is 0 Å². The lowest BCUT2D eigenvalue weighted by atomic mass is 10.0. The number of nitrogens with zero attached hydrogens (tertiary/aromatic N) is 2. The molecule has 12 heavy (non-hydrogen) atoms. The fraction of sp³-hybridized carbons (Fsp3) is 0.556. The van der Waals surface area contributed by atoms with Crippen molar-refractivity contribution in [2.24, 2.45) is 0 Å². The fourth-order valence-corrected chi connectivity index (χ4v) is 1.24. The lowest BCUT2D eigenvalue weighted by Gasteiger charge is -2.09. The maximum Gasteiger partial charge on any atom is 0.133 e. The van der Waals surface area contributed by atoms with Gasteiger partial charge >= 0.3 is 0 Å². The van der Waals surface area contributed by atoms with E-state index in [4.69, 9.17) is 5.73 Å². The molecule has 0 atom stereocenters. The summed E-state index contributed by atoms with van der Waals surface area (Å²) in [4.78, 5) is 8.37. The zero-order valence-electron chi connectivity index (χ0n) is 7.62. The van der Waals surface area contributed by atoms with Gasteiger partial charge in [0, 0.05) is 12.1 Å². The lowest BCUT2D eigenvalue weighted by molar-refractivity contribution is 0.603. The van der Waals surface area contributed by atoms with Crippen molar-refractivity contribution in [3.05, 3.63) is 18.1 Å². The van der Waals surface area contributed by atoms with Crippen LogP contribution in [0.5, 0.6) is 0 Å². The summed E-state index contributed by atoms with van der Waals surface area (Å²) in [6.45, 7) is 4.28. The van der Waals surface area contributed by atoms with Crippen LogP contribution in [-0.2, 0) is 0 Å². The van der Waals surface area contributed by atoms with E-state index in [0.717, 1.165) is 18.7 Å². The summed E-state index contributed by atoms with van der Waals surface area (Å²) in [5.74, 6) is 1.89. The number of nitrogen functional groups attached to an aromatic ring is 1. The van der Waals surface area contributed by atoms with Crippen LogP contribution in [0.4, 0.5) is 5.82 Å². The summed E-state index contributed by atoms with van der Waals surface area (Å²) < 4.78 is 0. The van der Waals surface area contributed by atoms with Crippen LogP contribution in [0.3, 0.4) is 0 Å². The smallest absolute Gasteiger partial charge is 0.133 e. The van der Waals surface area contributed by atoms with E-state index >= 15 is 0 Å². The predicted octanol–water partition coefficient (Wildman–Crippen LogP) is 1.96. The quantitative estimate of drug-likeness (QED) is 0.744.